The molecule has 1 amide bonds. The van der Waals surface area contributed by atoms with E-state index < -0.39 is 5.60 Å². The van der Waals surface area contributed by atoms with Gasteiger partial charge in [-0.05, 0) is 49.7 Å². The predicted octanol–water partition coefficient (Wildman–Crippen LogP) is 2.58. The molecule has 0 unspecified atom stereocenters. The fourth-order valence-electron chi connectivity index (χ4n) is 1.59. The third kappa shape index (κ3) is 3.85. The van der Waals surface area contributed by atoms with E-state index in [4.69, 9.17) is 4.42 Å². The van der Waals surface area contributed by atoms with Crippen LogP contribution in [0.25, 0.3) is 0 Å². The molecular formula is C12H18BrNO3. The summed E-state index contributed by atoms with van der Waals surface area (Å²) in [4.78, 5) is 13.8. The molecular weight excluding hydrogens is 286 g/mol. The SMILES string of the molecule is CCN(CC(C)(C)O)C(=O)c1oc(Br)cc1C. The lowest BCUT2D eigenvalue weighted by Gasteiger charge is -2.27. The second kappa shape index (κ2) is 5.23. The van der Waals surface area contributed by atoms with Crippen molar-refractivity contribution < 1.29 is 14.3 Å². The van der Waals surface area contributed by atoms with Crippen molar-refractivity contribution in [3.8, 4) is 0 Å². The Bertz CT molecular complexity index is 406. The van der Waals surface area contributed by atoms with Crippen LogP contribution in [0, 0.1) is 6.92 Å². The van der Waals surface area contributed by atoms with E-state index in [2.05, 4.69) is 15.9 Å². The first-order valence-electron chi connectivity index (χ1n) is 5.52. The minimum atomic E-state index is -0.913. The number of halogens is 1. The molecule has 0 atom stereocenters. The van der Waals surface area contributed by atoms with Crippen molar-refractivity contribution in [1.29, 1.82) is 0 Å². The maximum Gasteiger partial charge on any atom is 0.289 e. The maximum absolute atomic E-state index is 12.2. The Balaban J connectivity index is 2.90. The monoisotopic (exact) mass is 303 g/mol. The van der Waals surface area contributed by atoms with Gasteiger partial charge in [-0.25, -0.2) is 0 Å². The number of aliphatic hydroxyl groups is 1. The number of likely N-dealkylation sites (N-methyl/N-ethyl adjacent to an activating group) is 1. The van der Waals surface area contributed by atoms with Gasteiger partial charge in [0.1, 0.15) is 0 Å². The van der Waals surface area contributed by atoms with Gasteiger partial charge in [-0.15, -0.1) is 0 Å². The topological polar surface area (TPSA) is 53.7 Å². The number of aryl methyl sites for hydroxylation is 1. The van der Waals surface area contributed by atoms with Crippen molar-refractivity contribution in [1.82, 2.24) is 4.90 Å². The number of hydrogen-bond acceptors (Lipinski definition) is 3. The zero-order valence-corrected chi connectivity index (χ0v) is 12.2. The molecule has 0 spiro atoms. The molecule has 0 saturated heterocycles. The third-order valence-electron chi connectivity index (χ3n) is 2.33. The molecule has 1 aromatic rings. The first-order valence-corrected chi connectivity index (χ1v) is 6.31. The van der Waals surface area contributed by atoms with Gasteiger partial charge in [0.2, 0.25) is 0 Å². The summed E-state index contributed by atoms with van der Waals surface area (Å²) < 4.78 is 5.86. The van der Waals surface area contributed by atoms with Crippen LogP contribution < -0.4 is 0 Å². The summed E-state index contributed by atoms with van der Waals surface area (Å²) in [5.74, 6) is 0.126. The average molecular weight is 304 g/mol. The summed E-state index contributed by atoms with van der Waals surface area (Å²) in [7, 11) is 0. The highest BCUT2D eigenvalue weighted by molar-refractivity contribution is 9.10. The Morgan fingerprint density at radius 1 is 1.59 bits per heavy atom. The normalized spacial score (nSPS) is 11.6. The number of hydrogen-bond donors (Lipinski definition) is 1. The van der Waals surface area contributed by atoms with E-state index in [1.165, 1.54) is 0 Å². The highest BCUT2D eigenvalue weighted by Crippen LogP contribution is 2.21. The van der Waals surface area contributed by atoms with E-state index >= 15 is 0 Å². The van der Waals surface area contributed by atoms with Gasteiger partial charge >= 0.3 is 0 Å². The molecule has 1 rings (SSSR count). The van der Waals surface area contributed by atoms with Crippen molar-refractivity contribution >= 4 is 21.8 Å². The first kappa shape index (κ1) is 14.3. The summed E-state index contributed by atoms with van der Waals surface area (Å²) in [6, 6.07) is 1.76. The van der Waals surface area contributed by atoms with E-state index in [0.29, 0.717) is 17.0 Å². The third-order valence-corrected chi connectivity index (χ3v) is 2.72. The molecule has 17 heavy (non-hydrogen) atoms. The summed E-state index contributed by atoms with van der Waals surface area (Å²) in [5.41, 5.74) is -0.125. The highest BCUT2D eigenvalue weighted by atomic mass is 79.9. The summed E-state index contributed by atoms with van der Waals surface area (Å²) in [6.45, 7) is 7.85. The first-order chi connectivity index (χ1) is 7.74. The molecule has 4 nitrogen and oxygen atoms in total. The fourth-order valence-corrected chi connectivity index (χ4v) is 2.10. The number of carbonyl (C=O) groups is 1. The smallest absolute Gasteiger partial charge is 0.289 e. The number of carbonyl (C=O) groups excluding carboxylic acids is 1. The molecule has 1 aromatic heterocycles. The Kier molecular flexibility index (Phi) is 4.38. The van der Waals surface area contributed by atoms with Gasteiger partial charge in [-0.1, -0.05) is 0 Å². The standard InChI is InChI=1S/C12H18BrNO3/c1-5-14(7-12(3,4)16)11(15)10-8(2)6-9(13)17-10/h6,16H,5,7H2,1-4H3. The molecule has 0 aliphatic rings. The van der Waals surface area contributed by atoms with Crippen molar-refractivity contribution in [3.63, 3.8) is 0 Å². The quantitative estimate of drug-likeness (QED) is 0.930. The number of amides is 1. The molecule has 0 fully saturated rings. The van der Waals surface area contributed by atoms with Crippen LogP contribution in [-0.4, -0.2) is 34.6 Å². The molecule has 1 heterocycles. The summed E-state index contributed by atoms with van der Waals surface area (Å²) >= 11 is 3.20. The van der Waals surface area contributed by atoms with E-state index in [0.717, 1.165) is 5.56 Å². The van der Waals surface area contributed by atoms with Gasteiger partial charge in [0.05, 0.1) is 5.60 Å². The maximum atomic E-state index is 12.2. The van der Waals surface area contributed by atoms with Crippen molar-refractivity contribution in [2.24, 2.45) is 0 Å². The Morgan fingerprint density at radius 3 is 2.53 bits per heavy atom. The Hall–Kier alpha value is -0.810. The zero-order chi connectivity index (χ0) is 13.2. The predicted molar refractivity (Wildman–Crippen MR) is 69.0 cm³/mol. The van der Waals surface area contributed by atoms with E-state index in [9.17, 15) is 9.90 Å². The molecule has 0 aliphatic heterocycles. The second-order valence-corrected chi connectivity index (χ2v) is 5.48. The molecule has 0 radical (unpaired) electrons. The van der Waals surface area contributed by atoms with E-state index in [-0.39, 0.29) is 12.5 Å². The van der Waals surface area contributed by atoms with Crippen LogP contribution in [-0.2, 0) is 0 Å². The Labute approximate surface area is 110 Å². The van der Waals surface area contributed by atoms with Gasteiger partial charge in [-0.2, -0.15) is 0 Å². The minimum absolute atomic E-state index is 0.196. The zero-order valence-electron chi connectivity index (χ0n) is 10.6. The number of furan rings is 1. The van der Waals surface area contributed by atoms with Crippen molar-refractivity contribution in [2.45, 2.75) is 33.3 Å². The van der Waals surface area contributed by atoms with E-state index in [1.807, 2.05) is 13.8 Å². The molecule has 0 aromatic carbocycles. The van der Waals surface area contributed by atoms with Crippen LogP contribution in [0.15, 0.2) is 15.2 Å². The average Bonchev–Trinajstić information content (AvgIpc) is 2.52. The van der Waals surface area contributed by atoms with Crippen LogP contribution in [0.3, 0.4) is 0 Å². The lowest BCUT2D eigenvalue weighted by atomic mass is 10.1. The van der Waals surface area contributed by atoms with Crippen LogP contribution in [0.1, 0.15) is 36.9 Å². The van der Waals surface area contributed by atoms with Crippen LogP contribution in [0.2, 0.25) is 0 Å². The van der Waals surface area contributed by atoms with Crippen molar-refractivity contribution in [3.05, 3.63) is 22.1 Å². The van der Waals surface area contributed by atoms with Crippen LogP contribution in [0.5, 0.6) is 0 Å². The second-order valence-electron chi connectivity index (χ2n) is 4.69. The van der Waals surface area contributed by atoms with Crippen LogP contribution >= 0.6 is 15.9 Å². The summed E-state index contributed by atoms with van der Waals surface area (Å²) in [5, 5.41) is 9.76. The largest absolute Gasteiger partial charge is 0.444 e. The molecule has 0 bridgehead atoms. The fraction of sp³-hybridized carbons (Fsp3) is 0.583. The minimum Gasteiger partial charge on any atom is -0.444 e. The lowest BCUT2D eigenvalue weighted by Crippen LogP contribution is -2.42. The molecule has 96 valence electrons. The van der Waals surface area contributed by atoms with Gasteiger partial charge in [-0.3, -0.25) is 4.79 Å². The Morgan fingerprint density at radius 2 is 2.18 bits per heavy atom. The van der Waals surface area contributed by atoms with Gasteiger partial charge < -0.3 is 14.4 Å². The molecule has 0 aliphatic carbocycles. The van der Waals surface area contributed by atoms with Gasteiger partial charge in [0.15, 0.2) is 10.4 Å². The van der Waals surface area contributed by atoms with Gasteiger partial charge in [0.25, 0.3) is 5.91 Å². The highest BCUT2D eigenvalue weighted by Gasteiger charge is 2.25. The van der Waals surface area contributed by atoms with Crippen LogP contribution in [0.4, 0.5) is 0 Å². The van der Waals surface area contributed by atoms with Crippen molar-refractivity contribution in [2.75, 3.05) is 13.1 Å². The molecule has 5 heteroatoms. The molecule has 0 saturated carbocycles. The lowest BCUT2D eigenvalue weighted by molar-refractivity contribution is 0.0297. The summed E-state index contributed by atoms with van der Waals surface area (Å²) in [6.07, 6.45) is 0. The number of nitrogens with zero attached hydrogens (tertiary/aromatic N) is 1. The van der Waals surface area contributed by atoms with Gasteiger partial charge in [0, 0.05) is 18.7 Å². The molecule has 1 N–H and O–H groups in total. The number of rotatable bonds is 4. The van der Waals surface area contributed by atoms with E-state index in [1.54, 1.807) is 24.8 Å².